The zero-order valence-electron chi connectivity index (χ0n) is 16.3. The largest absolute Gasteiger partial charge is 0.490 e. The molecule has 4 aromatic carbocycles. The molecule has 0 unspecified atom stereocenters. The molecule has 0 bridgehead atoms. The molecule has 0 aliphatic heterocycles. The van der Waals surface area contributed by atoms with Gasteiger partial charge in [-0.25, -0.2) is 0 Å². The van der Waals surface area contributed by atoms with Crippen molar-refractivity contribution in [2.45, 2.75) is 0 Å². The molecule has 0 saturated carbocycles. The first-order valence-electron chi connectivity index (χ1n) is 8.88. The van der Waals surface area contributed by atoms with Crippen molar-refractivity contribution in [3.8, 4) is 11.5 Å². The molecule has 4 aromatic rings. The lowest BCUT2D eigenvalue weighted by atomic mass is 10.1. The van der Waals surface area contributed by atoms with E-state index in [0.29, 0.717) is 22.3 Å². The van der Waals surface area contributed by atoms with Crippen molar-refractivity contribution in [2.24, 2.45) is 0 Å². The molecule has 8 heteroatoms. The topological polar surface area (TPSA) is 105 Å². The number of rotatable bonds is 4. The van der Waals surface area contributed by atoms with Crippen LogP contribution in [0, 0.1) is 20.2 Å². The number of hydrogen-bond donors (Lipinski definition) is 0. The highest BCUT2D eigenvalue weighted by Crippen LogP contribution is 2.35. The molecule has 0 heterocycles. The first-order valence-corrected chi connectivity index (χ1v) is 8.88. The number of benzene rings is 4. The van der Waals surface area contributed by atoms with E-state index in [0.717, 1.165) is 10.8 Å². The Morgan fingerprint density at radius 1 is 0.600 bits per heavy atom. The van der Waals surface area contributed by atoms with Crippen LogP contribution in [0.15, 0.2) is 72.8 Å². The number of nitro groups is 2. The number of nitrogens with zero attached hydrogens (tertiary/aromatic N) is 2. The minimum Gasteiger partial charge on any atom is -0.490 e. The van der Waals surface area contributed by atoms with E-state index in [9.17, 15) is 20.2 Å². The van der Waals surface area contributed by atoms with Crippen LogP contribution in [-0.2, 0) is 0 Å². The maximum Gasteiger partial charge on any atom is 0.318 e. The Balaban J connectivity index is 0.000000171. The molecular formula is C22H18N2O6. The molecular weight excluding hydrogens is 388 g/mol. The lowest BCUT2D eigenvalue weighted by Crippen LogP contribution is -1.94. The second kappa shape index (κ2) is 8.87. The minimum absolute atomic E-state index is 0.0237. The van der Waals surface area contributed by atoms with Crippen LogP contribution in [-0.4, -0.2) is 24.1 Å². The van der Waals surface area contributed by atoms with Crippen molar-refractivity contribution in [2.75, 3.05) is 14.2 Å². The lowest BCUT2D eigenvalue weighted by molar-refractivity contribution is -0.384. The van der Waals surface area contributed by atoms with Gasteiger partial charge < -0.3 is 9.47 Å². The van der Waals surface area contributed by atoms with Gasteiger partial charge in [0.05, 0.1) is 34.8 Å². The third-order valence-corrected chi connectivity index (χ3v) is 4.53. The molecule has 0 aromatic heterocycles. The average molecular weight is 406 g/mol. The van der Waals surface area contributed by atoms with Gasteiger partial charge in [-0.3, -0.25) is 20.2 Å². The monoisotopic (exact) mass is 406 g/mol. The molecule has 0 amide bonds. The summed E-state index contributed by atoms with van der Waals surface area (Å²) in [6.45, 7) is 0. The maximum atomic E-state index is 10.9. The zero-order chi connectivity index (χ0) is 21.7. The fourth-order valence-electron chi connectivity index (χ4n) is 3.18. The molecule has 4 rings (SSSR count). The van der Waals surface area contributed by atoms with Gasteiger partial charge in [-0.05, 0) is 35.0 Å². The summed E-state index contributed by atoms with van der Waals surface area (Å²) < 4.78 is 9.95. The second-order valence-corrected chi connectivity index (χ2v) is 6.19. The van der Waals surface area contributed by atoms with Gasteiger partial charge in [0.25, 0.3) is 0 Å². The number of fused-ring (bicyclic) bond motifs is 2. The highest BCUT2D eigenvalue weighted by atomic mass is 16.6. The fourth-order valence-corrected chi connectivity index (χ4v) is 3.18. The molecule has 0 saturated heterocycles. The Morgan fingerprint density at radius 2 is 0.967 bits per heavy atom. The molecule has 0 aliphatic rings. The Bertz CT molecular complexity index is 1140. The molecule has 0 N–H and O–H groups in total. The van der Waals surface area contributed by atoms with Crippen LogP contribution < -0.4 is 9.47 Å². The van der Waals surface area contributed by atoms with E-state index in [2.05, 4.69) is 0 Å². The van der Waals surface area contributed by atoms with Crippen LogP contribution in [0.3, 0.4) is 0 Å². The third-order valence-electron chi connectivity index (χ3n) is 4.53. The maximum absolute atomic E-state index is 10.9. The molecule has 0 radical (unpaired) electrons. The lowest BCUT2D eigenvalue weighted by Gasteiger charge is -2.04. The molecule has 0 aliphatic carbocycles. The van der Waals surface area contributed by atoms with E-state index in [-0.39, 0.29) is 11.4 Å². The summed E-state index contributed by atoms with van der Waals surface area (Å²) in [5.74, 6) is 0.581. The van der Waals surface area contributed by atoms with Crippen LogP contribution in [0.4, 0.5) is 11.4 Å². The smallest absolute Gasteiger partial charge is 0.318 e. The first kappa shape index (κ1) is 20.5. The third kappa shape index (κ3) is 3.97. The number of ether oxygens (including phenoxy) is 2. The van der Waals surface area contributed by atoms with Crippen molar-refractivity contribution in [1.82, 2.24) is 0 Å². The van der Waals surface area contributed by atoms with E-state index in [1.807, 2.05) is 24.3 Å². The summed E-state index contributed by atoms with van der Waals surface area (Å²) in [5.41, 5.74) is 0.0474. The predicted molar refractivity (Wildman–Crippen MR) is 114 cm³/mol. The average Bonchev–Trinajstić information content (AvgIpc) is 2.77. The Morgan fingerprint density at radius 3 is 1.30 bits per heavy atom. The summed E-state index contributed by atoms with van der Waals surface area (Å²) in [4.78, 5) is 21.0. The highest BCUT2D eigenvalue weighted by molar-refractivity contribution is 5.94. The van der Waals surface area contributed by atoms with Gasteiger partial charge in [-0.2, -0.15) is 0 Å². The molecule has 0 spiro atoms. The minimum atomic E-state index is -0.416. The van der Waals surface area contributed by atoms with E-state index in [1.165, 1.54) is 14.2 Å². The molecule has 152 valence electrons. The van der Waals surface area contributed by atoms with Crippen LogP contribution >= 0.6 is 0 Å². The van der Waals surface area contributed by atoms with Gasteiger partial charge in [0.2, 0.25) is 0 Å². The second-order valence-electron chi connectivity index (χ2n) is 6.19. The molecule has 0 fully saturated rings. The fraction of sp³-hybridized carbons (Fsp3) is 0.0909. The predicted octanol–water partition coefficient (Wildman–Crippen LogP) is 5.51. The van der Waals surface area contributed by atoms with Crippen molar-refractivity contribution >= 4 is 32.9 Å². The van der Waals surface area contributed by atoms with Gasteiger partial charge in [0.1, 0.15) is 0 Å². The zero-order valence-corrected chi connectivity index (χ0v) is 16.3. The van der Waals surface area contributed by atoms with Crippen LogP contribution in [0.5, 0.6) is 11.5 Å². The first-order chi connectivity index (χ1) is 14.5. The van der Waals surface area contributed by atoms with E-state index in [1.54, 1.807) is 48.5 Å². The molecule has 0 atom stereocenters. The number of hydrogen-bond acceptors (Lipinski definition) is 6. The normalized spacial score (nSPS) is 10.2. The van der Waals surface area contributed by atoms with Crippen molar-refractivity contribution in [3.05, 3.63) is 93.0 Å². The highest BCUT2D eigenvalue weighted by Gasteiger charge is 2.19. The quantitative estimate of drug-likeness (QED) is 0.327. The van der Waals surface area contributed by atoms with Crippen molar-refractivity contribution < 1.29 is 19.3 Å². The van der Waals surface area contributed by atoms with Gasteiger partial charge in [0, 0.05) is 0 Å². The summed E-state index contributed by atoms with van der Waals surface area (Å²) >= 11 is 0. The Kier molecular flexibility index (Phi) is 6.07. The van der Waals surface area contributed by atoms with Crippen molar-refractivity contribution in [1.29, 1.82) is 0 Å². The molecule has 30 heavy (non-hydrogen) atoms. The van der Waals surface area contributed by atoms with E-state index < -0.39 is 9.85 Å². The van der Waals surface area contributed by atoms with Crippen LogP contribution in [0.2, 0.25) is 0 Å². The van der Waals surface area contributed by atoms with Gasteiger partial charge in [-0.15, -0.1) is 0 Å². The summed E-state index contributed by atoms with van der Waals surface area (Å²) in [6.07, 6.45) is 0. The Labute approximate surface area is 171 Å². The van der Waals surface area contributed by atoms with Gasteiger partial charge in [-0.1, -0.05) is 48.5 Å². The molecule has 8 nitrogen and oxygen atoms in total. The number of methoxy groups -OCH3 is 2. The van der Waals surface area contributed by atoms with Crippen LogP contribution in [0.1, 0.15) is 0 Å². The summed E-state index contributed by atoms with van der Waals surface area (Å²) in [7, 11) is 2.86. The van der Waals surface area contributed by atoms with Crippen molar-refractivity contribution in [3.63, 3.8) is 0 Å². The van der Waals surface area contributed by atoms with Crippen LogP contribution in [0.25, 0.3) is 21.5 Å². The number of nitro benzene ring substituents is 2. The Hall–Kier alpha value is -4.20. The summed E-state index contributed by atoms with van der Waals surface area (Å²) in [6, 6.07) is 21.2. The van der Waals surface area contributed by atoms with Gasteiger partial charge >= 0.3 is 11.4 Å². The van der Waals surface area contributed by atoms with E-state index >= 15 is 0 Å². The standard InChI is InChI=1S/2C11H9NO3/c2*1-15-10-7-6-8-4-2-3-5-9(8)11(10)12(13)14/h2*2-7H,1H3. The van der Waals surface area contributed by atoms with E-state index in [4.69, 9.17) is 9.47 Å². The summed E-state index contributed by atoms with van der Waals surface area (Å²) in [5, 5.41) is 24.7. The van der Waals surface area contributed by atoms with Gasteiger partial charge in [0.15, 0.2) is 11.5 Å². The SMILES string of the molecule is COc1ccc2ccccc2c1[N+](=O)[O-].COc1ccc2ccccc2c1[N+](=O)[O-].